The maximum absolute atomic E-state index is 5.83. The average Bonchev–Trinajstić information content (AvgIpc) is 3.62. The number of ether oxygens (including phenoxy) is 2. The van der Waals surface area contributed by atoms with Crippen LogP contribution in [-0.4, -0.2) is 103 Å². The second-order valence-electron chi connectivity index (χ2n) is 9.47. The highest BCUT2D eigenvalue weighted by Gasteiger charge is 2.55. The molecule has 2 unspecified atom stereocenters. The number of fused-ring (bicyclic) bond motifs is 2. The molecule has 0 N–H and O–H groups in total. The zero-order valence-corrected chi connectivity index (χ0v) is 20.9. The molecule has 0 spiro atoms. The predicted molar refractivity (Wildman–Crippen MR) is 138 cm³/mol. The average molecular weight is 513 g/mol. The van der Waals surface area contributed by atoms with Crippen molar-refractivity contribution in [3.05, 3.63) is 72.6 Å². The Morgan fingerprint density at radius 2 is 1.34 bits per heavy atom. The van der Waals surface area contributed by atoms with E-state index in [-0.39, 0.29) is 0 Å². The fourth-order valence-electron chi connectivity index (χ4n) is 5.80. The van der Waals surface area contributed by atoms with Crippen LogP contribution in [0, 0.1) is 0 Å². The smallest absolute Gasteiger partial charge is 0.198 e. The maximum Gasteiger partial charge on any atom is 0.198 e. The molecule has 2 saturated heterocycles. The van der Waals surface area contributed by atoms with E-state index in [2.05, 4.69) is 37.2 Å². The van der Waals surface area contributed by atoms with E-state index < -0.39 is 11.8 Å². The molecular weight excluding hydrogens is 484 g/mol. The van der Waals surface area contributed by atoms with E-state index in [1.165, 1.54) is 0 Å². The van der Waals surface area contributed by atoms with E-state index in [9.17, 15) is 0 Å². The van der Waals surface area contributed by atoms with Crippen LogP contribution in [0.4, 0.5) is 0 Å². The molecule has 0 amide bonds. The summed E-state index contributed by atoms with van der Waals surface area (Å²) in [5.41, 5.74) is 3.21. The molecule has 2 atom stereocenters. The Balaban J connectivity index is 1.59. The molecule has 5 heterocycles. The Hall–Kier alpha value is -3.84. The van der Waals surface area contributed by atoms with Gasteiger partial charge in [0.2, 0.25) is 0 Å². The number of rotatable bonds is 6. The molecule has 0 saturated carbocycles. The summed E-state index contributed by atoms with van der Waals surface area (Å²) in [4.78, 5) is 4.78. The summed E-state index contributed by atoms with van der Waals surface area (Å²) >= 11 is 0. The van der Waals surface area contributed by atoms with E-state index in [1.807, 2.05) is 57.9 Å². The van der Waals surface area contributed by atoms with Gasteiger partial charge in [-0.25, -0.2) is 9.36 Å². The van der Waals surface area contributed by atoms with E-state index in [0.29, 0.717) is 52.6 Å². The molecule has 3 aromatic heterocycles. The first kappa shape index (κ1) is 23.3. The van der Waals surface area contributed by atoms with Crippen molar-refractivity contribution in [2.24, 2.45) is 0 Å². The summed E-state index contributed by atoms with van der Waals surface area (Å²) < 4.78 is 15.6. The van der Waals surface area contributed by atoms with Crippen molar-refractivity contribution in [3.8, 4) is 0 Å². The van der Waals surface area contributed by atoms with Crippen molar-refractivity contribution in [1.29, 1.82) is 0 Å². The zero-order chi connectivity index (χ0) is 25.4. The Labute approximate surface area is 218 Å². The number of hydrogen-bond donors (Lipinski definition) is 0. The lowest BCUT2D eigenvalue weighted by Crippen LogP contribution is -2.65. The first-order valence-corrected chi connectivity index (χ1v) is 12.9. The topological polar surface area (TPSA) is 112 Å². The number of benzene rings is 2. The van der Waals surface area contributed by atoms with Crippen molar-refractivity contribution in [3.63, 3.8) is 0 Å². The van der Waals surface area contributed by atoms with Gasteiger partial charge in [0.05, 0.1) is 37.5 Å². The highest BCUT2D eigenvalue weighted by Crippen LogP contribution is 2.44. The number of nitrogens with zero attached hydrogens (tertiary/aromatic N) is 10. The zero-order valence-electron chi connectivity index (χ0n) is 20.9. The van der Waals surface area contributed by atoms with Crippen LogP contribution in [0.25, 0.3) is 22.1 Å². The third kappa shape index (κ3) is 3.68. The Morgan fingerprint density at radius 3 is 2.08 bits per heavy atom. The van der Waals surface area contributed by atoms with Gasteiger partial charge in [0.1, 0.15) is 16.7 Å². The molecule has 2 aromatic carbocycles. The van der Waals surface area contributed by atoms with Crippen LogP contribution in [-0.2, 0) is 15.1 Å². The summed E-state index contributed by atoms with van der Waals surface area (Å²) in [5, 5.41) is 27.8. The largest absolute Gasteiger partial charge is 0.379 e. The second-order valence-corrected chi connectivity index (χ2v) is 9.47. The fraction of sp³-hybridized carbons (Fsp3) is 0.385. The van der Waals surface area contributed by atoms with Crippen LogP contribution in [0.5, 0.6) is 0 Å². The van der Waals surface area contributed by atoms with Crippen molar-refractivity contribution in [2.45, 2.75) is 11.8 Å². The summed E-state index contributed by atoms with van der Waals surface area (Å²) in [5.74, 6) is 0. The van der Waals surface area contributed by atoms with E-state index >= 15 is 0 Å². The quantitative estimate of drug-likeness (QED) is 0.332. The Bertz CT molecular complexity index is 1530. The van der Waals surface area contributed by atoms with Gasteiger partial charge in [-0.05, 0) is 36.4 Å². The lowest BCUT2D eigenvalue weighted by atomic mass is 9.95. The Morgan fingerprint density at radius 1 is 0.684 bits per heavy atom. The summed E-state index contributed by atoms with van der Waals surface area (Å²) in [6.45, 7) is 5.14. The van der Waals surface area contributed by atoms with Gasteiger partial charge >= 0.3 is 0 Å². The minimum atomic E-state index is -0.984. The Kier molecular flexibility index (Phi) is 6.01. The minimum absolute atomic E-state index is 0.404. The highest BCUT2D eigenvalue weighted by atomic mass is 16.5. The van der Waals surface area contributed by atoms with Gasteiger partial charge < -0.3 is 9.47 Å². The maximum atomic E-state index is 5.83. The van der Waals surface area contributed by atoms with Gasteiger partial charge in [0.15, 0.2) is 11.8 Å². The van der Waals surface area contributed by atoms with Crippen LogP contribution in [0.2, 0.25) is 0 Å². The van der Waals surface area contributed by atoms with Crippen LogP contribution in [0.15, 0.2) is 66.9 Å². The standard InChI is InChI=1S/C26H28N10O2/c1-3-8-22-20(6-1)28-31-35(22)25(33-12-16-37-17-13-33)26(24-10-5-11-27-30-24,34-14-18-38-19-15-34)36-23-9-4-2-7-21(23)29-32-36/h1-11,25H,12-19H2. The van der Waals surface area contributed by atoms with Crippen LogP contribution >= 0.6 is 0 Å². The monoisotopic (exact) mass is 512 g/mol. The van der Waals surface area contributed by atoms with Crippen molar-refractivity contribution in [2.75, 3.05) is 52.6 Å². The highest BCUT2D eigenvalue weighted by molar-refractivity contribution is 5.75. The summed E-state index contributed by atoms with van der Waals surface area (Å²) in [6, 6.07) is 20.0. The lowest BCUT2D eigenvalue weighted by molar-refractivity contribution is -0.129. The summed E-state index contributed by atoms with van der Waals surface area (Å²) in [7, 11) is 0. The molecular formula is C26H28N10O2. The fourth-order valence-corrected chi connectivity index (χ4v) is 5.80. The van der Waals surface area contributed by atoms with Gasteiger partial charge in [-0.2, -0.15) is 10.2 Å². The second kappa shape index (κ2) is 9.80. The minimum Gasteiger partial charge on any atom is -0.379 e. The van der Waals surface area contributed by atoms with Gasteiger partial charge in [0, 0.05) is 32.4 Å². The molecule has 0 aliphatic carbocycles. The third-order valence-corrected chi connectivity index (χ3v) is 7.48. The molecule has 2 aliphatic heterocycles. The molecule has 38 heavy (non-hydrogen) atoms. The first-order valence-electron chi connectivity index (χ1n) is 12.9. The molecule has 0 bridgehead atoms. The lowest BCUT2D eigenvalue weighted by Gasteiger charge is -2.52. The van der Waals surface area contributed by atoms with Crippen LogP contribution < -0.4 is 0 Å². The van der Waals surface area contributed by atoms with Gasteiger partial charge in [0.25, 0.3) is 0 Å². The normalized spacial score (nSPS) is 20.0. The molecule has 194 valence electrons. The van der Waals surface area contributed by atoms with Crippen LogP contribution in [0.3, 0.4) is 0 Å². The van der Waals surface area contributed by atoms with Crippen molar-refractivity contribution in [1.82, 2.24) is 50.0 Å². The molecule has 2 fully saturated rings. The number of aromatic nitrogens is 8. The van der Waals surface area contributed by atoms with E-state index in [4.69, 9.17) is 25.0 Å². The molecule has 5 aromatic rings. The van der Waals surface area contributed by atoms with Crippen molar-refractivity contribution < 1.29 is 9.47 Å². The van der Waals surface area contributed by atoms with E-state index in [1.54, 1.807) is 6.20 Å². The molecule has 12 nitrogen and oxygen atoms in total. The SMILES string of the molecule is c1cnnc(C(C(N2CCOCC2)n2nnc3ccccc32)(N2CCOCC2)n2nnc3ccccc32)c1. The van der Waals surface area contributed by atoms with Crippen LogP contribution in [0.1, 0.15) is 11.9 Å². The molecule has 2 aliphatic rings. The number of para-hydroxylation sites is 2. The number of morpholine rings is 2. The molecule has 7 rings (SSSR count). The van der Waals surface area contributed by atoms with E-state index in [0.717, 1.165) is 27.8 Å². The predicted octanol–water partition coefficient (Wildman–Crippen LogP) is 1.53. The van der Waals surface area contributed by atoms with Gasteiger partial charge in [-0.15, -0.1) is 10.2 Å². The van der Waals surface area contributed by atoms with Gasteiger partial charge in [-0.1, -0.05) is 34.7 Å². The first-order chi connectivity index (χ1) is 18.9. The number of hydrogen-bond acceptors (Lipinski definition) is 10. The summed E-state index contributed by atoms with van der Waals surface area (Å²) in [6.07, 6.45) is 1.29. The molecule has 12 heteroatoms. The van der Waals surface area contributed by atoms with Gasteiger partial charge in [-0.3, -0.25) is 9.80 Å². The van der Waals surface area contributed by atoms with Crippen molar-refractivity contribution >= 4 is 22.1 Å². The molecule has 0 radical (unpaired) electrons. The third-order valence-electron chi connectivity index (χ3n) is 7.48.